The molecule has 0 amide bonds. The first-order chi connectivity index (χ1) is 10.4. The monoisotopic (exact) mass is 322 g/mol. The summed E-state index contributed by atoms with van der Waals surface area (Å²) in [4.78, 5) is 12.0. The van der Waals surface area contributed by atoms with E-state index in [4.69, 9.17) is 0 Å². The summed E-state index contributed by atoms with van der Waals surface area (Å²) in [5, 5.41) is 3.51. The molecule has 0 radical (unpaired) electrons. The van der Waals surface area contributed by atoms with Gasteiger partial charge in [0.25, 0.3) is 0 Å². The highest BCUT2D eigenvalue weighted by molar-refractivity contribution is 7.89. The molecule has 2 aromatic heterocycles. The number of rotatable bonds is 4. The summed E-state index contributed by atoms with van der Waals surface area (Å²) in [5.41, 5.74) is 1.64. The summed E-state index contributed by atoms with van der Waals surface area (Å²) in [5.74, 6) is 0. The van der Waals surface area contributed by atoms with Crippen molar-refractivity contribution < 1.29 is 12.9 Å². The fraction of sp³-hybridized carbons (Fsp3) is 0.231. The minimum Gasteiger partial charge on any atom is -0.364 e. The van der Waals surface area contributed by atoms with Crippen molar-refractivity contribution in [2.24, 2.45) is 14.1 Å². The maximum Gasteiger partial charge on any atom is 0.328 e. The summed E-state index contributed by atoms with van der Waals surface area (Å²) >= 11 is 0. The van der Waals surface area contributed by atoms with Crippen LogP contribution in [0.25, 0.3) is 11.0 Å². The van der Waals surface area contributed by atoms with Crippen LogP contribution in [0.1, 0.15) is 5.56 Å². The molecule has 0 bridgehead atoms. The topological polar surface area (TPSA) is 99.1 Å². The Labute approximate surface area is 126 Å². The summed E-state index contributed by atoms with van der Waals surface area (Å²) in [6, 6.07) is 4.56. The normalized spacial score (nSPS) is 12.1. The minimum atomic E-state index is -3.69. The van der Waals surface area contributed by atoms with Gasteiger partial charge in [-0.1, -0.05) is 5.16 Å². The third-order valence-electron chi connectivity index (χ3n) is 3.50. The molecule has 116 valence electrons. The van der Waals surface area contributed by atoms with Crippen molar-refractivity contribution in [2.75, 3.05) is 0 Å². The number of fused-ring (bicyclic) bond motifs is 1. The Hall–Kier alpha value is -2.39. The van der Waals surface area contributed by atoms with Crippen LogP contribution in [0.15, 0.2) is 44.9 Å². The number of nitrogens with one attached hydrogen (secondary N) is 1. The molecule has 0 aliphatic heterocycles. The summed E-state index contributed by atoms with van der Waals surface area (Å²) in [6.07, 6.45) is 2.80. The van der Waals surface area contributed by atoms with Gasteiger partial charge in [0.15, 0.2) is 0 Å². The van der Waals surface area contributed by atoms with Crippen LogP contribution in [0.4, 0.5) is 0 Å². The van der Waals surface area contributed by atoms with Crippen LogP contribution in [-0.2, 0) is 30.7 Å². The molecule has 1 N–H and O–H groups in total. The SMILES string of the molecule is Cn1c(=O)n(C)c2cc(S(=O)(=O)NCc3cnoc3)ccc21. The van der Waals surface area contributed by atoms with Gasteiger partial charge < -0.3 is 4.52 Å². The number of hydrogen-bond donors (Lipinski definition) is 1. The average Bonchev–Trinajstić information content (AvgIpc) is 3.09. The van der Waals surface area contributed by atoms with Crippen LogP contribution in [0, 0.1) is 0 Å². The van der Waals surface area contributed by atoms with Crippen LogP contribution < -0.4 is 10.4 Å². The number of imidazole rings is 1. The van der Waals surface area contributed by atoms with Crippen molar-refractivity contribution in [1.82, 2.24) is 19.0 Å². The van der Waals surface area contributed by atoms with Crippen molar-refractivity contribution in [1.29, 1.82) is 0 Å². The fourth-order valence-corrected chi connectivity index (χ4v) is 3.27. The lowest BCUT2D eigenvalue weighted by molar-refractivity contribution is 0.419. The summed E-state index contributed by atoms with van der Waals surface area (Å²) in [6.45, 7) is 0.0809. The van der Waals surface area contributed by atoms with E-state index in [1.807, 2.05) is 0 Å². The molecule has 0 saturated heterocycles. The highest BCUT2D eigenvalue weighted by Crippen LogP contribution is 2.17. The van der Waals surface area contributed by atoms with Gasteiger partial charge in [-0.2, -0.15) is 0 Å². The van der Waals surface area contributed by atoms with Crippen molar-refractivity contribution in [2.45, 2.75) is 11.4 Å². The maximum absolute atomic E-state index is 12.3. The molecule has 0 aliphatic rings. The lowest BCUT2D eigenvalue weighted by atomic mass is 10.3. The lowest BCUT2D eigenvalue weighted by Crippen LogP contribution is -2.23. The summed E-state index contributed by atoms with van der Waals surface area (Å²) < 4.78 is 34.6. The second kappa shape index (κ2) is 5.11. The predicted octanol–water partition coefficient (Wildman–Crippen LogP) is 0.343. The Balaban J connectivity index is 1.98. The molecule has 3 rings (SSSR count). The number of sulfonamides is 1. The zero-order valence-electron chi connectivity index (χ0n) is 12.0. The first kappa shape index (κ1) is 14.5. The Bertz CT molecular complexity index is 983. The fourth-order valence-electron chi connectivity index (χ4n) is 2.23. The number of nitrogens with zero attached hydrogens (tertiary/aromatic N) is 3. The van der Waals surface area contributed by atoms with E-state index in [0.717, 1.165) is 0 Å². The van der Waals surface area contributed by atoms with Gasteiger partial charge in [0.1, 0.15) is 6.26 Å². The molecule has 0 unspecified atom stereocenters. The maximum atomic E-state index is 12.3. The van der Waals surface area contributed by atoms with Crippen LogP contribution in [0.5, 0.6) is 0 Å². The second-order valence-corrected chi connectivity index (χ2v) is 6.68. The number of benzene rings is 1. The highest BCUT2D eigenvalue weighted by atomic mass is 32.2. The van der Waals surface area contributed by atoms with Gasteiger partial charge in [-0.3, -0.25) is 9.13 Å². The predicted molar refractivity (Wildman–Crippen MR) is 78.7 cm³/mol. The van der Waals surface area contributed by atoms with E-state index < -0.39 is 10.0 Å². The van der Waals surface area contributed by atoms with Crippen LogP contribution in [0.2, 0.25) is 0 Å². The second-order valence-electron chi connectivity index (χ2n) is 4.91. The van der Waals surface area contributed by atoms with Crippen LogP contribution in [-0.4, -0.2) is 22.7 Å². The van der Waals surface area contributed by atoms with E-state index in [1.165, 1.54) is 33.7 Å². The highest BCUT2D eigenvalue weighted by Gasteiger charge is 2.17. The van der Waals surface area contributed by atoms with Crippen LogP contribution >= 0.6 is 0 Å². The number of aryl methyl sites for hydroxylation is 2. The molecule has 22 heavy (non-hydrogen) atoms. The molecule has 9 heteroatoms. The smallest absolute Gasteiger partial charge is 0.328 e. The molecule has 0 fully saturated rings. The first-order valence-electron chi connectivity index (χ1n) is 6.43. The molecule has 8 nitrogen and oxygen atoms in total. The minimum absolute atomic E-state index is 0.0809. The van der Waals surface area contributed by atoms with E-state index in [2.05, 4.69) is 14.4 Å². The van der Waals surface area contributed by atoms with Gasteiger partial charge in [-0.25, -0.2) is 17.9 Å². The van der Waals surface area contributed by atoms with Gasteiger partial charge in [-0.05, 0) is 18.2 Å². The third kappa shape index (κ3) is 2.34. The van der Waals surface area contributed by atoms with E-state index in [-0.39, 0.29) is 17.1 Å². The largest absolute Gasteiger partial charge is 0.364 e. The summed E-state index contributed by atoms with van der Waals surface area (Å²) in [7, 11) is -0.448. The zero-order chi connectivity index (χ0) is 15.9. The van der Waals surface area contributed by atoms with Crippen molar-refractivity contribution in [3.63, 3.8) is 0 Å². The Morgan fingerprint density at radius 2 is 1.95 bits per heavy atom. The average molecular weight is 322 g/mol. The molecule has 2 heterocycles. The molecule has 0 aliphatic carbocycles. The quantitative estimate of drug-likeness (QED) is 0.747. The van der Waals surface area contributed by atoms with Gasteiger partial charge >= 0.3 is 5.69 Å². The van der Waals surface area contributed by atoms with Crippen molar-refractivity contribution in [3.8, 4) is 0 Å². The third-order valence-corrected chi connectivity index (χ3v) is 4.90. The first-order valence-corrected chi connectivity index (χ1v) is 7.92. The van der Waals surface area contributed by atoms with Gasteiger partial charge in [0.2, 0.25) is 10.0 Å². The van der Waals surface area contributed by atoms with Crippen molar-refractivity contribution in [3.05, 3.63) is 46.7 Å². The molecule has 3 aromatic rings. The molecule has 0 atom stereocenters. The van der Waals surface area contributed by atoms with E-state index >= 15 is 0 Å². The van der Waals surface area contributed by atoms with Gasteiger partial charge in [-0.15, -0.1) is 0 Å². The number of hydrogen-bond acceptors (Lipinski definition) is 5. The number of aromatic nitrogens is 3. The Morgan fingerprint density at radius 1 is 1.23 bits per heavy atom. The van der Waals surface area contributed by atoms with Crippen LogP contribution in [0.3, 0.4) is 0 Å². The Kier molecular flexibility index (Phi) is 3.38. The molecular formula is C13H14N4O4S. The standard InChI is InChI=1S/C13H14N4O4S/c1-16-11-4-3-10(5-12(11)17(2)13(16)18)22(19,20)15-7-9-6-14-21-8-9/h3-6,8,15H,7H2,1-2H3. The molecular weight excluding hydrogens is 308 g/mol. The van der Waals surface area contributed by atoms with Crippen molar-refractivity contribution >= 4 is 21.1 Å². The molecule has 1 aromatic carbocycles. The van der Waals surface area contributed by atoms with E-state index in [9.17, 15) is 13.2 Å². The molecule has 0 saturated carbocycles. The van der Waals surface area contributed by atoms with E-state index in [1.54, 1.807) is 20.2 Å². The van der Waals surface area contributed by atoms with E-state index in [0.29, 0.717) is 16.6 Å². The Morgan fingerprint density at radius 3 is 2.64 bits per heavy atom. The van der Waals surface area contributed by atoms with Gasteiger partial charge in [0, 0.05) is 26.2 Å². The molecule has 0 spiro atoms. The van der Waals surface area contributed by atoms with Gasteiger partial charge in [0.05, 0.1) is 22.1 Å². The lowest BCUT2D eigenvalue weighted by Gasteiger charge is -2.06. The zero-order valence-corrected chi connectivity index (χ0v) is 12.8.